The van der Waals surface area contributed by atoms with Gasteiger partial charge in [-0.05, 0) is 32.2 Å². The van der Waals surface area contributed by atoms with Gasteiger partial charge in [0.1, 0.15) is 0 Å². The van der Waals surface area contributed by atoms with Crippen molar-refractivity contribution in [1.82, 2.24) is 0 Å². The average Bonchev–Trinajstić information content (AvgIpc) is 3.05. The molecule has 90 valence electrons. The average molecular weight is 215 g/mol. The highest BCUT2D eigenvalue weighted by Gasteiger charge is 2.20. The first-order chi connectivity index (χ1) is 7.43. The van der Waals surface area contributed by atoms with E-state index in [1.807, 2.05) is 0 Å². The van der Waals surface area contributed by atoms with Gasteiger partial charge in [0, 0.05) is 13.2 Å². The molecule has 3 nitrogen and oxygen atoms in total. The largest absolute Gasteiger partial charge is 0.381 e. The molecule has 2 N–H and O–H groups in total. The predicted octanol–water partition coefficient (Wildman–Crippen LogP) is 2.09. The van der Waals surface area contributed by atoms with E-state index in [0.29, 0.717) is 6.10 Å². The van der Waals surface area contributed by atoms with E-state index in [1.165, 1.54) is 32.1 Å². The molecule has 1 unspecified atom stereocenters. The Labute approximate surface area is 93.3 Å². The molecule has 0 aromatic rings. The van der Waals surface area contributed by atoms with Gasteiger partial charge < -0.3 is 15.2 Å². The monoisotopic (exact) mass is 215 g/mol. The van der Waals surface area contributed by atoms with Crippen LogP contribution in [0.5, 0.6) is 0 Å². The third-order valence-corrected chi connectivity index (χ3v) is 2.71. The van der Waals surface area contributed by atoms with Crippen molar-refractivity contribution >= 4 is 0 Å². The normalized spacial score (nSPS) is 19.4. The van der Waals surface area contributed by atoms with Gasteiger partial charge in [-0.3, -0.25) is 0 Å². The summed E-state index contributed by atoms with van der Waals surface area (Å²) in [7, 11) is 0. The maximum absolute atomic E-state index is 5.50. The first-order valence-electron chi connectivity index (χ1n) is 6.33. The van der Waals surface area contributed by atoms with Gasteiger partial charge in [0.25, 0.3) is 0 Å². The van der Waals surface area contributed by atoms with Gasteiger partial charge in [-0.15, -0.1) is 0 Å². The highest BCUT2D eigenvalue weighted by atomic mass is 16.6. The van der Waals surface area contributed by atoms with Crippen LogP contribution in [-0.4, -0.2) is 32.5 Å². The van der Waals surface area contributed by atoms with Crippen LogP contribution in [0.1, 0.15) is 44.9 Å². The quantitative estimate of drug-likeness (QED) is 0.424. The van der Waals surface area contributed by atoms with Crippen molar-refractivity contribution in [3.8, 4) is 0 Å². The van der Waals surface area contributed by atoms with Crippen LogP contribution in [0.15, 0.2) is 0 Å². The lowest BCUT2D eigenvalue weighted by Gasteiger charge is -2.03. The van der Waals surface area contributed by atoms with E-state index in [-0.39, 0.29) is 0 Å². The summed E-state index contributed by atoms with van der Waals surface area (Å²) in [5.74, 6) is 0. The summed E-state index contributed by atoms with van der Waals surface area (Å²) < 4.78 is 10.7. The molecule has 15 heavy (non-hydrogen) atoms. The van der Waals surface area contributed by atoms with Crippen LogP contribution in [0, 0.1) is 0 Å². The summed E-state index contributed by atoms with van der Waals surface area (Å²) in [5.41, 5.74) is 5.39. The fourth-order valence-electron chi connectivity index (χ4n) is 1.61. The summed E-state index contributed by atoms with van der Waals surface area (Å²) in [5, 5.41) is 0. The second-order valence-electron chi connectivity index (χ2n) is 4.27. The van der Waals surface area contributed by atoms with Crippen LogP contribution >= 0.6 is 0 Å². The minimum atomic E-state index is 0.609. The zero-order chi connectivity index (χ0) is 10.8. The highest BCUT2D eigenvalue weighted by molar-refractivity contribution is 4.68. The summed E-state index contributed by atoms with van der Waals surface area (Å²) in [4.78, 5) is 0. The van der Waals surface area contributed by atoms with Gasteiger partial charge in [0.05, 0.1) is 12.7 Å². The molecule has 0 bridgehead atoms. The van der Waals surface area contributed by atoms with Crippen LogP contribution in [-0.2, 0) is 9.47 Å². The van der Waals surface area contributed by atoms with Crippen molar-refractivity contribution < 1.29 is 9.47 Å². The molecular formula is C12H25NO2. The molecule has 0 radical (unpaired) electrons. The number of nitrogens with two attached hydrogens (primary N) is 1. The molecule has 0 aromatic carbocycles. The van der Waals surface area contributed by atoms with E-state index < -0.39 is 0 Å². The van der Waals surface area contributed by atoms with Gasteiger partial charge in [-0.25, -0.2) is 0 Å². The van der Waals surface area contributed by atoms with Crippen molar-refractivity contribution in [2.24, 2.45) is 5.73 Å². The van der Waals surface area contributed by atoms with E-state index in [4.69, 9.17) is 15.2 Å². The molecule has 3 heteroatoms. The van der Waals surface area contributed by atoms with Crippen LogP contribution in [0.3, 0.4) is 0 Å². The molecule has 1 fully saturated rings. The zero-order valence-electron chi connectivity index (χ0n) is 9.75. The lowest BCUT2D eigenvalue weighted by atomic mass is 10.1. The summed E-state index contributed by atoms with van der Waals surface area (Å²) in [6, 6.07) is 0. The van der Waals surface area contributed by atoms with Gasteiger partial charge >= 0.3 is 0 Å². The Bertz CT molecular complexity index is 138. The molecular weight excluding hydrogens is 190 g/mol. The second kappa shape index (κ2) is 9.13. The Morgan fingerprint density at radius 1 is 1.00 bits per heavy atom. The third kappa shape index (κ3) is 8.85. The summed E-state index contributed by atoms with van der Waals surface area (Å²) >= 11 is 0. The predicted molar refractivity (Wildman–Crippen MR) is 61.9 cm³/mol. The topological polar surface area (TPSA) is 47.8 Å². The van der Waals surface area contributed by atoms with E-state index >= 15 is 0 Å². The minimum absolute atomic E-state index is 0.609. The number of unbranched alkanes of at least 4 members (excludes halogenated alkanes) is 4. The van der Waals surface area contributed by atoms with E-state index in [2.05, 4.69) is 0 Å². The van der Waals surface area contributed by atoms with Crippen molar-refractivity contribution in [2.45, 2.75) is 51.0 Å². The summed E-state index contributed by atoms with van der Waals surface area (Å²) in [6.45, 7) is 3.59. The SMILES string of the molecule is NCCCCOCCCCCCC1CO1. The molecule has 0 aliphatic carbocycles. The summed E-state index contributed by atoms with van der Waals surface area (Å²) in [6.07, 6.45) is 9.20. The Hall–Kier alpha value is -0.120. The lowest BCUT2D eigenvalue weighted by molar-refractivity contribution is 0.126. The smallest absolute Gasteiger partial charge is 0.0810 e. The number of hydrogen-bond donors (Lipinski definition) is 1. The Balaban J connectivity index is 1.62. The fraction of sp³-hybridized carbons (Fsp3) is 1.00. The van der Waals surface area contributed by atoms with Gasteiger partial charge in [0.2, 0.25) is 0 Å². The highest BCUT2D eigenvalue weighted by Crippen LogP contribution is 2.17. The van der Waals surface area contributed by atoms with Gasteiger partial charge in [-0.1, -0.05) is 19.3 Å². The molecule has 0 spiro atoms. The Kier molecular flexibility index (Phi) is 7.88. The second-order valence-corrected chi connectivity index (χ2v) is 4.27. The fourth-order valence-corrected chi connectivity index (χ4v) is 1.61. The molecule has 0 aromatic heterocycles. The molecule has 0 amide bonds. The van der Waals surface area contributed by atoms with E-state index in [9.17, 15) is 0 Å². The minimum Gasteiger partial charge on any atom is -0.381 e. The number of rotatable bonds is 11. The van der Waals surface area contributed by atoms with Crippen LogP contribution in [0.4, 0.5) is 0 Å². The van der Waals surface area contributed by atoms with Crippen LogP contribution in [0.2, 0.25) is 0 Å². The van der Waals surface area contributed by atoms with Gasteiger partial charge in [-0.2, -0.15) is 0 Å². The maximum atomic E-state index is 5.50. The molecule has 1 rings (SSSR count). The van der Waals surface area contributed by atoms with Crippen LogP contribution in [0.25, 0.3) is 0 Å². The van der Waals surface area contributed by atoms with Gasteiger partial charge in [0.15, 0.2) is 0 Å². The first-order valence-corrected chi connectivity index (χ1v) is 6.33. The molecule has 0 saturated carbocycles. The molecule has 1 heterocycles. The standard InChI is InChI=1S/C12H25NO2/c13-8-4-6-10-14-9-5-2-1-3-7-12-11-15-12/h12H,1-11,13H2. The van der Waals surface area contributed by atoms with E-state index in [0.717, 1.165) is 39.2 Å². The van der Waals surface area contributed by atoms with Crippen molar-refractivity contribution in [3.05, 3.63) is 0 Å². The number of epoxide rings is 1. The zero-order valence-corrected chi connectivity index (χ0v) is 9.75. The Morgan fingerprint density at radius 3 is 2.33 bits per heavy atom. The van der Waals surface area contributed by atoms with Crippen molar-refractivity contribution in [1.29, 1.82) is 0 Å². The van der Waals surface area contributed by atoms with Crippen molar-refractivity contribution in [2.75, 3.05) is 26.4 Å². The number of ether oxygens (including phenoxy) is 2. The maximum Gasteiger partial charge on any atom is 0.0810 e. The number of hydrogen-bond acceptors (Lipinski definition) is 3. The molecule has 1 atom stereocenters. The molecule has 1 aliphatic heterocycles. The molecule has 1 aliphatic rings. The van der Waals surface area contributed by atoms with Crippen molar-refractivity contribution in [3.63, 3.8) is 0 Å². The Morgan fingerprint density at radius 2 is 1.67 bits per heavy atom. The van der Waals surface area contributed by atoms with E-state index in [1.54, 1.807) is 0 Å². The first kappa shape index (κ1) is 12.9. The van der Waals surface area contributed by atoms with Crippen LogP contribution < -0.4 is 5.73 Å². The lowest BCUT2D eigenvalue weighted by Crippen LogP contribution is -2.02. The third-order valence-electron chi connectivity index (χ3n) is 2.71. The molecule has 1 saturated heterocycles.